The summed E-state index contributed by atoms with van der Waals surface area (Å²) in [7, 11) is 1.84. The average molecular weight is 346 g/mol. The van der Waals surface area contributed by atoms with Crippen LogP contribution >= 0.6 is 15.9 Å². The van der Waals surface area contributed by atoms with Gasteiger partial charge < -0.3 is 14.5 Å². The predicted octanol–water partition coefficient (Wildman–Crippen LogP) is 3.93. The van der Waals surface area contributed by atoms with Crippen molar-refractivity contribution >= 4 is 15.9 Å². The molecular formula is C14H14BrF2NO2. The lowest BCUT2D eigenvalue weighted by molar-refractivity contribution is 0.252. The van der Waals surface area contributed by atoms with Crippen molar-refractivity contribution in [1.29, 1.82) is 0 Å². The summed E-state index contributed by atoms with van der Waals surface area (Å²) in [4.78, 5) is 0. The Labute approximate surface area is 124 Å². The van der Waals surface area contributed by atoms with Crippen molar-refractivity contribution in [2.45, 2.75) is 20.1 Å². The van der Waals surface area contributed by atoms with E-state index in [1.54, 1.807) is 0 Å². The monoisotopic (exact) mass is 345 g/mol. The van der Waals surface area contributed by atoms with Gasteiger partial charge in [-0.1, -0.05) is 15.9 Å². The van der Waals surface area contributed by atoms with Crippen molar-refractivity contribution in [3.8, 4) is 5.75 Å². The van der Waals surface area contributed by atoms with Gasteiger partial charge in [-0.15, -0.1) is 0 Å². The molecule has 20 heavy (non-hydrogen) atoms. The lowest BCUT2D eigenvalue weighted by Gasteiger charge is -2.06. The zero-order chi connectivity index (χ0) is 14.7. The van der Waals surface area contributed by atoms with E-state index >= 15 is 0 Å². The Kier molecular flexibility index (Phi) is 4.77. The van der Waals surface area contributed by atoms with Gasteiger partial charge in [0.1, 0.15) is 18.1 Å². The van der Waals surface area contributed by atoms with Crippen LogP contribution in [0.25, 0.3) is 0 Å². The maximum absolute atomic E-state index is 13.5. The molecule has 1 aromatic carbocycles. The van der Waals surface area contributed by atoms with E-state index in [9.17, 15) is 8.78 Å². The first-order valence-corrected chi connectivity index (χ1v) is 6.80. The van der Waals surface area contributed by atoms with Crippen molar-refractivity contribution in [3.05, 3.63) is 51.4 Å². The molecule has 0 aliphatic rings. The summed E-state index contributed by atoms with van der Waals surface area (Å²) in [6.07, 6.45) is 0. The number of nitrogens with one attached hydrogen (secondary N) is 1. The minimum Gasteiger partial charge on any atom is -0.482 e. The van der Waals surface area contributed by atoms with E-state index in [2.05, 4.69) is 21.2 Å². The Hall–Kier alpha value is -1.40. The van der Waals surface area contributed by atoms with E-state index in [0.717, 1.165) is 17.4 Å². The average Bonchev–Trinajstić information content (AvgIpc) is 2.73. The molecule has 0 unspecified atom stereocenters. The topological polar surface area (TPSA) is 34.4 Å². The van der Waals surface area contributed by atoms with Gasteiger partial charge in [0.15, 0.2) is 11.6 Å². The number of hydrogen-bond donors (Lipinski definition) is 1. The van der Waals surface area contributed by atoms with Crippen molar-refractivity contribution in [1.82, 2.24) is 5.32 Å². The molecule has 0 fully saturated rings. The molecule has 0 atom stereocenters. The van der Waals surface area contributed by atoms with Gasteiger partial charge in [0.25, 0.3) is 0 Å². The number of benzene rings is 1. The highest BCUT2D eigenvalue weighted by Crippen LogP contribution is 2.26. The zero-order valence-electron chi connectivity index (χ0n) is 11.1. The van der Waals surface area contributed by atoms with Crippen LogP contribution in [0.4, 0.5) is 8.78 Å². The fraction of sp³-hybridized carbons (Fsp3) is 0.286. The van der Waals surface area contributed by atoms with Gasteiger partial charge in [-0.05, 0) is 32.2 Å². The Morgan fingerprint density at radius 3 is 2.75 bits per heavy atom. The first-order valence-electron chi connectivity index (χ1n) is 6.01. The van der Waals surface area contributed by atoms with E-state index in [-0.39, 0.29) is 12.4 Å². The number of furan rings is 1. The molecule has 0 radical (unpaired) electrons. The van der Waals surface area contributed by atoms with Crippen LogP contribution in [0.15, 0.2) is 27.1 Å². The highest BCUT2D eigenvalue weighted by Gasteiger charge is 2.13. The van der Waals surface area contributed by atoms with Crippen LogP contribution < -0.4 is 10.1 Å². The molecule has 108 valence electrons. The Morgan fingerprint density at radius 2 is 2.05 bits per heavy atom. The first kappa shape index (κ1) is 15.0. The molecule has 2 rings (SSSR count). The molecule has 0 spiro atoms. The van der Waals surface area contributed by atoms with Gasteiger partial charge in [-0.3, -0.25) is 0 Å². The Morgan fingerprint density at radius 1 is 1.30 bits per heavy atom. The summed E-state index contributed by atoms with van der Waals surface area (Å²) in [5, 5.41) is 3.02. The van der Waals surface area contributed by atoms with E-state index in [0.29, 0.717) is 16.8 Å². The molecule has 1 aromatic heterocycles. The molecular weight excluding hydrogens is 332 g/mol. The maximum atomic E-state index is 13.5. The third-order valence-corrected chi connectivity index (χ3v) is 3.23. The fourth-order valence-corrected chi connectivity index (χ4v) is 2.22. The molecule has 3 nitrogen and oxygen atoms in total. The van der Waals surface area contributed by atoms with Crippen molar-refractivity contribution in [2.24, 2.45) is 0 Å². The molecule has 1 heterocycles. The van der Waals surface area contributed by atoms with Crippen molar-refractivity contribution in [2.75, 3.05) is 7.05 Å². The minimum absolute atomic E-state index is 0.0391. The molecule has 0 saturated carbocycles. The van der Waals surface area contributed by atoms with Gasteiger partial charge in [-0.25, -0.2) is 4.39 Å². The summed E-state index contributed by atoms with van der Waals surface area (Å²) < 4.78 is 37.9. The molecule has 0 bridgehead atoms. The van der Waals surface area contributed by atoms with Crippen LogP contribution in [0, 0.1) is 18.6 Å². The SMILES string of the molecule is CNCc1cc(COc2cc(Br)cc(F)c2F)oc1C. The van der Waals surface area contributed by atoms with Crippen LogP contribution in [0.2, 0.25) is 0 Å². The summed E-state index contributed by atoms with van der Waals surface area (Å²) in [5.74, 6) is -0.778. The molecule has 6 heteroatoms. The second-order valence-electron chi connectivity index (χ2n) is 4.31. The quantitative estimate of drug-likeness (QED) is 0.834. The van der Waals surface area contributed by atoms with E-state index in [1.807, 2.05) is 20.0 Å². The highest BCUT2D eigenvalue weighted by molar-refractivity contribution is 9.10. The molecule has 0 saturated heterocycles. The lowest BCUT2D eigenvalue weighted by Crippen LogP contribution is -2.04. The van der Waals surface area contributed by atoms with Crippen LogP contribution in [-0.4, -0.2) is 7.05 Å². The van der Waals surface area contributed by atoms with Gasteiger partial charge in [0.05, 0.1) is 0 Å². The summed E-state index contributed by atoms with van der Waals surface area (Å²) in [6.45, 7) is 2.56. The minimum atomic E-state index is -1.01. The highest BCUT2D eigenvalue weighted by atomic mass is 79.9. The first-order chi connectivity index (χ1) is 9.51. The van der Waals surface area contributed by atoms with E-state index < -0.39 is 11.6 Å². The fourth-order valence-electron chi connectivity index (χ4n) is 1.81. The molecule has 2 aromatic rings. The molecule has 0 aliphatic heterocycles. The van der Waals surface area contributed by atoms with Gasteiger partial charge in [-0.2, -0.15) is 4.39 Å². The number of hydrogen-bond acceptors (Lipinski definition) is 3. The van der Waals surface area contributed by atoms with Crippen LogP contribution in [0.5, 0.6) is 5.75 Å². The van der Waals surface area contributed by atoms with E-state index in [4.69, 9.17) is 9.15 Å². The third kappa shape index (κ3) is 3.37. The third-order valence-electron chi connectivity index (χ3n) is 2.77. The van der Waals surface area contributed by atoms with Crippen LogP contribution in [0.3, 0.4) is 0 Å². The summed E-state index contributed by atoms with van der Waals surface area (Å²) >= 11 is 3.09. The van der Waals surface area contributed by atoms with Crippen molar-refractivity contribution in [3.63, 3.8) is 0 Å². The lowest BCUT2D eigenvalue weighted by atomic mass is 10.2. The number of ether oxygens (including phenoxy) is 1. The number of halogens is 3. The van der Waals surface area contributed by atoms with Gasteiger partial charge in [0, 0.05) is 16.6 Å². The van der Waals surface area contributed by atoms with Gasteiger partial charge in [0.2, 0.25) is 5.82 Å². The van der Waals surface area contributed by atoms with E-state index in [1.165, 1.54) is 6.07 Å². The second kappa shape index (κ2) is 6.37. The number of aryl methyl sites for hydroxylation is 1. The maximum Gasteiger partial charge on any atom is 0.200 e. The normalized spacial score (nSPS) is 10.8. The standard InChI is InChI=1S/C14H14BrF2NO2/c1-8-9(6-18-2)3-11(20-8)7-19-13-5-10(15)4-12(16)14(13)17/h3-5,18H,6-7H2,1-2H3. The molecule has 0 aliphatic carbocycles. The summed E-state index contributed by atoms with van der Waals surface area (Å²) in [6, 6.07) is 4.26. The van der Waals surface area contributed by atoms with Crippen molar-refractivity contribution < 1.29 is 17.9 Å². The molecule has 0 amide bonds. The van der Waals surface area contributed by atoms with Crippen LogP contribution in [-0.2, 0) is 13.2 Å². The Bertz CT molecular complexity index is 613. The Balaban J connectivity index is 2.11. The summed E-state index contributed by atoms with van der Waals surface area (Å²) in [5.41, 5.74) is 1.01. The molecule has 1 N–H and O–H groups in total. The zero-order valence-corrected chi connectivity index (χ0v) is 12.7. The largest absolute Gasteiger partial charge is 0.482 e. The predicted molar refractivity (Wildman–Crippen MR) is 74.6 cm³/mol. The second-order valence-corrected chi connectivity index (χ2v) is 5.23. The van der Waals surface area contributed by atoms with Crippen LogP contribution in [0.1, 0.15) is 17.1 Å². The smallest absolute Gasteiger partial charge is 0.200 e. The van der Waals surface area contributed by atoms with Gasteiger partial charge >= 0.3 is 0 Å². The number of rotatable bonds is 5.